The zero-order chi connectivity index (χ0) is 14.4. The van der Waals surface area contributed by atoms with Gasteiger partial charge in [-0.1, -0.05) is 26.2 Å². The van der Waals surface area contributed by atoms with Gasteiger partial charge in [0.15, 0.2) is 5.75 Å². The molecule has 0 bridgehead atoms. The lowest BCUT2D eigenvalue weighted by Crippen LogP contribution is -2.28. The number of nitrogens with zero attached hydrogens (tertiary/aromatic N) is 2. The lowest BCUT2D eigenvalue weighted by molar-refractivity contribution is 0.341. The third kappa shape index (κ3) is 3.35. The van der Waals surface area contributed by atoms with Gasteiger partial charge in [-0.2, -0.15) is 5.10 Å². The summed E-state index contributed by atoms with van der Waals surface area (Å²) in [5.41, 5.74) is 1.32. The van der Waals surface area contributed by atoms with Crippen molar-refractivity contribution >= 4 is 0 Å². The van der Waals surface area contributed by atoms with E-state index in [1.807, 2.05) is 6.20 Å². The molecule has 4 heteroatoms. The molecule has 0 radical (unpaired) electrons. The van der Waals surface area contributed by atoms with E-state index in [1.165, 1.54) is 37.8 Å². The largest absolute Gasteiger partial charge is 0.493 e. The Kier molecular flexibility index (Phi) is 5.89. The highest BCUT2D eigenvalue weighted by Gasteiger charge is 2.30. The van der Waals surface area contributed by atoms with Gasteiger partial charge in [0.05, 0.1) is 19.0 Å². The molecular weight excluding hydrogens is 250 g/mol. The summed E-state index contributed by atoms with van der Waals surface area (Å²) in [7, 11) is 1.76. The number of nitrogens with one attached hydrogen (secondary N) is 1. The first-order valence-electron chi connectivity index (χ1n) is 8.12. The van der Waals surface area contributed by atoms with Crippen molar-refractivity contribution in [2.75, 3.05) is 20.2 Å². The van der Waals surface area contributed by atoms with Gasteiger partial charge in [0.1, 0.15) is 0 Å². The van der Waals surface area contributed by atoms with E-state index in [1.54, 1.807) is 7.11 Å². The minimum atomic E-state index is 0.578. The summed E-state index contributed by atoms with van der Waals surface area (Å²) < 4.78 is 7.70. The van der Waals surface area contributed by atoms with E-state index in [4.69, 9.17) is 4.74 Å². The second-order valence-corrected chi connectivity index (χ2v) is 5.73. The van der Waals surface area contributed by atoms with Crippen molar-refractivity contribution < 1.29 is 4.74 Å². The first-order chi connectivity index (χ1) is 9.81. The minimum absolute atomic E-state index is 0.578. The molecule has 4 nitrogen and oxygen atoms in total. The molecule has 1 heterocycles. The third-order valence-electron chi connectivity index (χ3n) is 4.53. The van der Waals surface area contributed by atoms with Gasteiger partial charge in [0.2, 0.25) is 0 Å². The van der Waals surface area contributed by atoms with E-state index < -0.39 is 0 Å². The van der Waals surface area contributed by atoms with Crippen molar-refractivity contribution in [2.24, 2.45) is 5.92 Å². The number of ether oxygens (including phenoxy) is 1. The van der Waals surface area contributed by atoms with Crippen LogP contribution in [0.15, 0.2) is 6.20 Å². The van der Waals surface area contributed by atoms with Crippen LogP contribution in [0.2, 0.25) is 0 Å². The van der Waals surface area contributed by atoms with Gasteiger partial charge in [-0.15, -0.1) is 0 Å². The maximum atomic E-state index is 5.57. The summed E-state index contributed by atoms with van der Waals surface area (Å²) in [6.45, 7) is 7.42. The normalized spacial score (nSPS) is 23.6. The predicted molar refractivity (Wildman–Crippen MR) is 82.3 cm³/mol. The van der Waals surface area contributed by atoms with Gasteiger partial charge in [-0.05, 0) is 38.8 Å². The maximum Gasteiger partial charge on any atom is 0.160 e. The Morgan fingerprint density at radius 1 is 1.30 bits per heavy atom. The number of rotatable bonds is 6. The monoisotopic (exact) mass is 279 g/mol. The molecule has 1 fully saturated rings. The van der Waals surface area contributed by atoms with E-state index in [9.17, 15) is 0 Å². The molecule has 0 amide bonds. The van der Waals surface area contributed by atoms with Gasteiger partial charge >= 0.3 is 0 Å². The molecule has 1 saturated carbocycles. The van der Waals surface area contributed by atoms with Crippen molar-refractivity contribution in [3.8, 4) is 5.75 Å². The highest BCUT2D eigenvalue weighted by molar-refractivity contribution is 5.29. The van der Waals surface area contributed by atoms with Crippen molar-refractivity contribution in [3.05, 3.63) is 11.9 Å². The van der Waals surface area contributed by atoms with Crippen LogP contribution in [0.1, 0.15) is 57.6 Å². The summed E-state index contributed by atoms with van der Waals surface area (Å²) in [5.74, 6) is 2.25. The summed E-state index contributed by atoms with van der Waals surface area (Å²) in [5, 5.41) is 8.04. The molecule has 114 valence electrons. The molecule has 1 aromatic rings. The summed E-state index contributed by atoms with van der Waals surface area (Å²) in [4.78, 5) is 0. The molecule has 2 unspecified atom stereocenters. The Hall–Kier alpha value is -1.03. The quantitative estimate of drug-likeness (QED) is 0.813. The van der Waals surface area contributed by atoms with Crippen LogP contribution < -0.4 is 10.1 Å². The number of aryl methyl sites for hydroxylation is 1. The van der Waals surface area contributed by atoms with Gasteiger partial charge in [0, 0.05) is 12.5 Å². The number of hydrogen-bond acceptors (Lipinski definition) is 3. The fourth-order valence-corrected chi connectivity index (χ4v) is 3.48. The Labute approximate surface area is 122 Å². The molecular formula is C16H29N3O. The Morgan fingerprint density at radius 2 is 2.10 bits per heavy atom. The zero-order valence-corrected chi connectivity index (χ0v) is 13.2. The Morgan fingerprint density at radius 3 is 2.80 bits per heavy atom. The van der Waals surface area contributed by atoms with E-state index >= 15 is 0 Å². The fourth-order valence-electron chi connectivity index (χ4n) is 3.48. The van der Waals surface area contributed by atoms with Crippen LogP contribution in [-0.4, -0.2) is 30.0 Å². The molecule has 0 saturated heterocycles. The van der Waals surface area contributed by atoms with Crippen LogP contribution in [0.3, 0.4) is 0 Å². The topological polar surface area (TPSA) is 39.1 Å². The van der Waals surface area contributed by atoms with Crippen LogP contribution in [-0.2, 0) is 6.54 Å². The molecule has 1 aliphatic rings. The Bertz CT molecular complexity index is 381. The van der Waals surface area contributed by atoms with E-state index in [0.717, 1.165) is 25.4 Å². The molecule has 0 aliphatic heterocycles. The predicted octanol–water partition coefficient (Wildman–Crippen LogP) is 3.19. The van der Waals surface area contributed by atoms with Gasteiger partial charge < -0.3 is 10.1 Å². The second-order valence-electron chi connectivity index (χ2n) is 5.73. The lowest BCUT2D eigenvalue weighted by atomic mass is 9.84. The molecule has 1 N–H and O–H groups in total. The third-order valence-corrected chi connectivity index (χ3v) is 4.53. The molecule has 0 spiro atoms. The molecule has 2 rings (SSSR count). The second kappa shape index (κ2) is 7.67. The van der Waals surface area contributed by atoms with Crippen LogP contribution in [0.25, 0.3) is 0 Å². The van der Waals surface area contributed by atoms with Crippen molar-refractivity contribution in [3.63, 3.8) is 0 Å². The molecule has 0 aromatic carbocycles. The average Bonchev–Trinajstić information content (AvgIpc) is 2.75. The van der Waals surface area contributed by atoms with Gasteiger partial charge in [0.25, 0.3) is 0 Å². The SMILES string of the molecule is CCNCC1CCCCCC1c1c(OC)cnn1CC. The minimum Gasteiger partial charge on any atom is -0.493 e. The summed E-state index contributed by atoms with van der Waals surface area (Å²) >= 11 is 0. The molecule has 2 atom stereocenters. The maximum absolute atomic E-state index is 5.57. The molecule has 1 aromatic heterocycles. The summed E-state index contributed by atoms with van der Waals surface area (Å²) in [6.07, 6.45) is 8.50. The smallest absolute Gasteiger partial charge is 0.160 e. The van der Waals surface area contributed by atoms with Crippen LogP contribution in [0, 0.1) is 5.92 Å². The first kappa shape index (κ1) is 15.4. The van der Waals surface area contributed by atoms with Crippen LogP contribution in [0.5, 0.6) is 5.75 Å². The fraction of sp³-hybridized carbons (Fsp3) is 0.812. The molecule has 1 aliphatic carbocycles. The van der Waals surface area contributed by atoms with Crippen molar-refractivity contribution in [1.29, 1.82) is 0 Å². The van der Waals surface area contributed by atoms with E-state index in [0.29, 0.717) is 11.8 Å². The highest BCUT2D eigenvalue weighted by Crippen LogP contribution is 2.40. The average molecular weight is 279 g/mol. The van der Waals surface area contributed by atoms with E-state index in [-0.39, 0.29) is 0 Å². The molecule has 20 heavy (non-hydrogen) atoms. The van der Waals surface area contributed by atoms with Crippen LogP contribution in [0.4, 0.5) is 0 Å². The number of methoxy groups -OCH3 is 1. The zero-order valence-electron chi connectivity index (χ0n) is 13.2. The first-order valence-corrected chi connectivity index (χ1v) is 8.12. The van der Waals surface area contributed by atoms with Crippen LogP contribution >= 0.6 is 0 Å². The number of hydrogen-bond donors (Lipinski definition) is 1. The van der Waals surface area contributed by atoms with Crippen molar-refractivity contribution in [2.45, 2.75) is 58.4 Å². The summed E-state index contributed by atoms with van der Waals surface area (Å²) in [6, 6.07) is 0. The highest BCUT2D eigenvalue weighted by atomic mass is 16.5. The lowest BCUT2D eigenvalue weighted by Gasteiger charge is -2.26. The standard InChI is InChI=1S/C16H29N3O/c1-4-17-11-13-9-7-6-8-10-14(13)16-15(20-3)12-18-19(16)5-2/h12-14,17H,4-11H2,1-3H3. The van der Waals surface area contributed by atoms with Gasteiger partial charge in [-0.3, -0.25) is 4.68 Å². The van der Waals surface area contributed by atoms with Gasteiger partial charge in [-0.25, -0.2) is 0 Å². The Balaban J connectivity index is 2.27. The van der Waals surface area contributed by atoms with Crippen molar-refractivity contribution in [1.82, 2.24) is 15.1 Å². The number of aromatic nitrogens is 2. The van der Waals surface area contributed by atoms with E-state index in [2.05, 4.69) is 28.9 Å².